The molecule has 1 aromatic carbocycles. The van der Waals surface area contributed by atoms with Crippen LogP contribution in [0.4, 0.5) is 4.39 Å². The van der Waals surface area contributed by atoms with Gasteiger partial charge in [-0.3, -0.25) is 9.69 Å². The van der Waals surface area contributed by atoms with Gasteiger partial charge in [-0.05, 0) is 76.0 Å². The number of nitrogens with zero attached hydrogens (tertiary/aromatic N) is 1. The van der Waals surface area contributed by atoms with Gasteiger partial charge in [0.05, 0.1) is 6.04 Å². The number of benzene rings is 1. The first-order chi connectivity index (χ1) is 10.2. The van der Waals surface area contributed by atoms with Gasteiger partial charge in [-0.2, -0.15) is 0 Å². The minimum atomic E-state index is -0.273. The second kappa shape index (κ2) is 6.24. The molecule has 0 saturated carbocycles. The molecule has 0 spiro atoms. The van der Waals surface area contributed by atoms with Gasteiger partial charge >= 0.3 is 0 Å². The topological polar surface area (TPSA) is 32.3 Å². The molecule has 1 aromatic rings. The number of hydrogen-bond donors (Lipinski definition) is 1. The molecular weight excluding hydrogens is 267 g/mol. The second-order valence-corrected chi connectivity index (χ2v) is 6.20. The summed E-state index contributed by atoms with van der Waals surface area (Å²) in [5.41, 5.74) is 1.43. The Balaban J connectivity index is 1.79. The summed E-state index contributed by atoms with van der Waals surface area (Å²) in [5, 5.41) is 3.38. The van der Waals surface area contributed by atoms with Crippen molar-refractivity contribution in [1.29, 1.82) is 0 Å². The molecule has 0 aromatic heterocycles. The van der Waals surface area contributed by atoms with E-state index in [1.54, 1.807) is 6.07 Å². The summed E-state index contributed by atoms with van der Waals surface area (Å²) < 4.78 is 13.2. The minimum Gasteiger partial charge on any atom is -0.317 e. The number of carbonyl (C=O) groups is 1. The van der Waals surface area contributed by atoms with Gasteiger partial charge in [-0.1, -0.05) is 0 Å². The monoisotopic (exact) mass is 290 g/mol. The number of ketones is 1. The van der Waals surface area contributed by atoms with E-state index in [4.69, 9.17) is 0 Å². The third-order valence-corrected chi connectivity index (χ3v) is 4.83. The lowest BCUT2D eigenvalue weighted by Crippen LogP contribution is -2.48. The number of aryl methyl sites for hydroxylation is 1. The molecule has 114 valence electrons. The summed E-state index contributed by atoms with van der Waals surface area (Å²) in [7, 11) is 0. The van der Waals surface area contributed by atoms with E-state index in [2.05, 4.69) is 10.2 Å². The van der Waals surface area contributed by atoms with Crippen molar-refractivity contribution in [2.45, 2.75) is 44.7 Å². The standard InChI is InChI=1S/C17H23FN2O/c1-12-11-13(18)4-5-15(12)17(21)16-3-2-10-20(16)14-6-8-19-9-7-14/h4-5,11,14,16,19H,2-3,6-10H2,1H3. The van der Waals surface area contributed by atoms with Crippen LogP contribution < -0.4 is 5.32 Å². The molecule has 2 saturated heterocycles. The van der Waals surface area contributed by atoms with Gasteiger partial charge in [-0.25, -0.2) is 4.39 Å². The van der Waals surface area contributed by atoms with E-state index in [1.807, 2.05) is 6.92 Å². The zero-order valence-electron chi connectivity index (χ0n) is 12.6. The molecular formula is C17H23FN2O. The Morgan fingerprint density at radius 2 is 2.05 bits per heavy atom. The van der Waals surface area contributed by atoms with Crippen LogP contribution in [0.3, 0.4) is 0 Å². The summed E-state index contributed by atoms with van der Waals surface area (Å²) in [6.45, 7) is 4.91. The molecule has 1 atom stereocenters. The Morgan fingerprint density at radius 1 is 1.29 bits per heavy atom. The molecule has 4 heteroatoms. The zero-order valence-corrected chi connectivity index (χ0v) is 12.6. The van der Waals surface area contributed by atoms with E-state index in [9.17, 15) is 9.18 Å². The molecule has 3 rings (SSSR count). The summed E-state index contributed by atoms with van der Waals surface area (Å²) in [6, 6.07) is 4.99. The summed E-state index contributed by atoms with van der Waals surface area (Å²) >= 11 is 0. The predicted molar refractivity (Wildman–Crippen MR) is 81.1 cm³/mol. The van der Waals surface area contributed by atoms with Crippen LogP contribution in [-0.2, 0) is 0 Å². The van der Waals surface area contributed by atoms with Crippen LogP contribution in [0.2, 0.25) is 0 Å². The van der Waals surface area contributed by atoms with Crippen molar-refractivity contribution in [3.05, 3.63) is 35.1 Å². The molecule has 2 fully saturated rings. The number of Topliss-reactive ketones (excluding diaryl/α,β-unsaturated/α-hetero) is 1. The zero-order chi connectivity index (χ0) is 14.8. The van der Waals surface area contributed by atoms with Crippen LogP contribution in [0.5, 0.6) is 0 Å². The van der Waals surface area contributed by atoms with E-state index in [-0.39, 0.29) is 17.6 Å². The van der Waals surface area contributed by atoms with Crippen LogP contribution in [-0.4, -0.2) is 42.4 Å². The number of likely N-dealkylation sites (tertiary alicyclic amines) is 1. The van der Waals surface area contributed by atoms with E-state index in [0.29, 0.717) is 11.6 Å². The normalized spacial score (nSPS) is 24.4. The van der Waals surface area contributed by atoms with Crippen molar-refractivity contribution < 1.29 is 9.18 Å². The van der Waals surface area contributed by atoms with Gasteiger partial charge in [0, 0.05) is 11.6 Å². The molecule has 21 heavy (non-hydrogen) atoms. The third-order valence-electron chi connectivity index (χ3n) is 4.83. The summed E-state index contributed by atoms with van der Waals surface area (Å²) in [6.07, 6.45) is 4.25. The Morgan fingerprint density at radius 3 is 2.76 bits per heavy atom. The second-order valence-electron chi connectivity index (χ2n) is 6.20. The molecule has 2 aliphatic rings. The highest BCUT2D eigenvalue weighted by Crippen LogP contribution is 2.27. The smallest absolute Gasteiger partial charge is 0.180 e. The maximum Gasteiger partial charge on any atom is 0.180 e. The van der Waals surface area contributed by atoms with Crippen LogP contribution in [0.15, 0.2) is 18.2 Å². The first-order valence-electron chi connectivity index (χ1n) is 7.93. The average molecular weight is 290 g/mol. The molecule has 2 aliphatic heterocycles. The summed E-state index contributed by atoms with van der Waals surface area (Å²) in [4.78, 5) is 15.2. The average Bonchev–Trinajstić information content (AvgIpc) is 2.97. The Bertz CT molecular complexity index is 526. The van der Waals surface area contributed by atoms with Gasteiger partial charge < -0.3 is 5.32 Å². The Kier molecular flexibility index (Phi) is 4.36. The van der Waals surface area contributed by atoms with Crippen molar-refractivity contribution in [2.24, 2.45) is 0 Å². The van der Waals surface area contributed by atoms with Crippen molar-refractivity contribution in [1.82, 2.24) is 10.2 Å². The van der Waals surface area contributed by atoms with Gasteiger partial charge in [0.1, 0.15) is 5.82 Å². The third kappa shape index (κ3) is 3.01. The highest BCUT2D eigenvalue weighted by Gasteiger charge is 2.36. The lowest BCUT2D eigenvalue weighted by molar-refractivity contribution is 0.0783. The molecule has 0 bridgehead atoms. The maximum atomic E-state index is 13.2. The molecule has 1 unspecified atom stereocenters. The van der Waals surface area contributed by atoms with E-state index in [1.165, 1.54) is 12.1 Å². The number of carbonyl (C=O) groups excluding carboxylic acids is 1. The van der Waals surface area contributed by atoms with E-state index < -0.39 is 0 Å². The van der Waals surface area contributed by atoms with Crippen LogP contribution in [0.1, 0.15) is 41.6 Å². The highest BCUT2D eigenvalue weighted by atomic mass is 19.1. The number of halogens is 1. The van der Waals surface area contributed by atoms with Crippen molar-refractivity contribution in [3.8, 4) is 0 Å². The van der Waals surface area contributed by atoms with E-state index >= 15 is 0 Å². The van der Waals surface area contributed by atoms with Crippen LogP contribution in [0, 0.1) is 12.7 Å². The number of nitrogens with one attached hydrogen (secondary N) is 1. The predicted octanol–water partition coefficient (Wildman–Crippen LogP) is 2.53. The van der Waals surface area contributed by atoms with Gasteiger partial charge in [0.2, 0.25) is 0 Å². The fourth-order valence-electron chi connectivity index (χ4n) is 3.73. The first kappa shape index (κ1) is 14.7. The fourth-order valence-corrected chi connectivity index (χ4v) is 3.73. The molecule has 2 heterocycles. The van der Waals surface area contributed by atoms with Crippen LogP contribution >= 0.6 is 0 Å². The number of hydrogen-bond acceptors (Lipinski definition) is 3. The van der Waals surface area contributed by atoms with Crippen molar-refractivity contribution in [2.75, 3.05) is 19.6 Å². The largest absolute Gasteiger partial charge is 0.317 e. The minimum absolute atomic E-state index is 0.0164. The van der Waals surface area contributed by atoms with Crippen molar-refractivity contribution >= 4 is 5.78 Å². The summed E-state index contributed by atoms with van der Waals surface area (Å²) in [5.74, 6) is -0.103. The molecule has 0 radical (unpaired) electrons. The van der Waals surface area contributed by atoms with Gasteiger partial charge in [-0.15, -0.1) is 0 Å². The van der Waals surface area contributed by atoms with Gasteiger partial charge in [0.15, 0.2) is 5.78 Å². The lowest BCUT2D eigenvalue weighted by Gasteiger charge is -2.35. The van der Waals surface area contributed by atoms with Gasteiger partial charge in [0.25, 0.3) is 0 Å². The molecule has 0 aliphatic carbocycles. The van der Waals surface area contributed by atoms with E-state index in [0.717, 1.165) is 50.9 Å². The lowest BCUT2D eigenvalue weighted by atomic mass is 9.96. The molecule has 0 amide bonds. The molecule has 3 nitrogen and oxygen atoms in total. The fraction of sp³-hybridized carbons (Fsp3) is 0.588. The van der Waals surface area contributed by atoms with Crippen LogP contribution in [0.25, 0.3) is 0 Å². The highest BCUT2D eigenvalue weighted by molar-refractivity contribution is 6.01. The first-order valence-corrected chi connectivity index (χ1v) is 7.93. The Labute approximate surface area is 125 Å². The number of piperidine rings is 1. The number of rotatable bonds is 3. The quantitative estimate of drug-likeness (QED) is 0.868. The SMILES string of the molecule is Cc1cc(F)ccc1C(=O)C1CCCN1C1CCNCC1. The maximum absolute atomic E-state index is 13.2. The molecule has 1 N–H and O–H groups in total. The van der Waals surface area contributed by atoms with Crippen molar-refractivity contribution in [3.63, 3.8) is 0 Å². The Hall–Kier alpha value is -1.26.